The number of aromatic amines is 1. The first-order valence-corrected chi connectivity index (χ1v) is 7.05. The molecule has 0 unspecified atom stereocenters. The van der Waals surface area contributed by atoms with Gasteiger partial charge in [-0.25, -0.2) is 0 Å². The van der Waals surface area contributed by atoms with Crippen molar-refractivity contribution in [3.8, 4) is 0 Å². The van der Waals surface area contributed by atoms with Crippen molar-refractivity contribution in [2.45, 2.75) is 20.4 Å². The summed E-state index contributed by atoms with van der Waals surface area (Å²) in [7, 11) is 0. The van der Waals surface area contributed by atoms with Crippen molar-refractivity contribution in [1.82, 2.24) is 10.3 Å². The first kappa shape index (κ1) is 13.4. The maximum Gasteiger partial charge on any atom is 0.251 e. The molecule has 2 aromatic carbocycles. The minimum Gasteiger partial charge on any atom is -0.359 e. The number of hydrogen-bond donors (Lipinski definition) is 2. The number of aryl methyl sites for hydroxylation is 2. The van der Waals surface area contributed by atoms with Crippen LogP contribution in [0.15, 0.2) is 48.5 Å². The summed E-state index contributed by atoms with van der Waals surface area (Å²) >= 11 is 0. The third-order valence-corrected chi connectivity index (χ3v) is 3.59. The van der Waals surface area contributed by atoms with Crippen molar-refractivity contribution >= 4 is 16.8 Å². The van der Waals surface area contributed by atoms with Gasteiger partial charge in [0, 0.05) is 23.3 Å². The Morgan fingerprint density at radius 2 is 1.81 bits per heavy atom. The van der Waals surface area contributed by atoms with Crippen LogP contribution in [0.2, 0.25) is 0 Å². The quantitative estimate of drug-likeness (QED) is 0.753. The molecule has 2 N–H and O–H groups in total. The van der Waals surface area contributed by atoms with Gasteiger partial charge in [0.05, 0.1) is 0 Å². The van der Waals surface area contributed by atoms with E-state index in [-0.39, 0.29) is 5.91 Å². The summed E-state index contributed by atoms with van der Waals surface area (Å²) in [6.07, 6.45) is 0. The molecule has 106 valence electrons. The van der Waals surface area contributed by atoms with Crippen molar-refractivity contribution in [3.05, 3.63) is 70.9 Å². The summed E-state index contributed by atoms with van der Waals surface area (Å²) in [4.78, 5) is 15.4. The van der Waals surface area contributed by atoms with Gasteiger partial charge in [-0.1, -0.05) is 23.8 Å². The van der Waals surface area contributed by atoms with Gasteiger partial charge in [0.2, 0.25) is 0 Å². The number of hydrogen-bond acceptors (Lipinski definition) is 1. The van der Waals surface area contributed by atoms with Crippen molar-refractivity contribution in [1.29, 1.82) is 0 Å². The lowest BCUT2D eigenvalue weighted by atomic mass is 10.1. The minimum absolute atomic E-state index is 0.0413. The van der Waals surface area contributed by atoms with Crippen LogP contribution in [0.3, 0.4) is 0 Å². The number of rotatable bonds is 3. The molecule has 3 nitrogen and oxygen atoms in total. The SMILES string of the molecule is Cc1ccc(C(=O)NCc2ccc3[nH]c(C)cc3c2)cc1. The molecule has 0 aliphatic heterocycles. The lowest BCUT2D eigenvalue weighted by molar-refractivity contribution is 0.0951. The van der Waals surface area contributed by atoms with Crippen LogP contribution in [0.1, 0.15) is 27.2 Å². The molecule has 0 atom stereocenters. The molecule has 3 aromatic rings. The fourth-order valence-corrected chi connectivity index (χ4v) is 2.43. The summed E-state index contributed by atoms with van der Waals surface area (Å²) in [6.45, 7) is 4.58. The Morgan fingerprint density at radius 3 is 2.57 bits per heavy atom. The molecule has 0 radical (unpaired) electrons. The standard InChI is InChI=1S/C18H18N2O/c1-12-3-6-15(7-4-12)18(21)19-11-14-5-8-17-16(10-14)9-13(2)20-17/h3-10,20H,11H2,1-2H3,(H,19,21). The van der Waals surface area contributed by atoms with E-state index < -0.39 is 0 Å². The number of carbonyl (C=O) groups excluding carboxylic acids is 1. The Kier molecular flexibility index (Phi) is 3.48. The summed E-state index contributed by atoms with van der Waals surface area (Å²) in [5, 5.41) is 4.13. The highest BCUT2D eigenvalue weighted by Gasteiger charge is 2.05. The van der Waals surface area contributed by atoms with Crippen LogP contribution in [-0.2, 0) is 6.54 Å². The fraction of sp³-hybridized carbons (Fsp3) is 0.167. The Hall–Kier alpha value is -2.55. The van der Waals surface area contributed by atoms with Crippen molar-refractivity contribution in [3.63, 3.8) is 0 Å². The largest absolute Gasteiger partial charge is 0.359 e. The van der Waals surface area contributed by atoms with E-state index in [1.807, 2.05) is 44.2 Å². The number of amides is 1. The molecule has 3 heteroatoms. The van der Waals surface area contributed by atoms with Gasteiger partial charge in [0.25, 0.3) is 5.91 Å². The van der Waals surface area contributed by atoms with Gasteiger partial charge in [-0.2, -0.15) is 0 Å². The van der Waals surface area contributed by atoms with Gasteiger partial charge in [-0.3, -0.25) is 4.79 Å². The Labute approximate surface area is 124 Å². The van der Waals surface area contributed by atoms with Crippen LogP contribution >= 0.6 is 0 Å². The van der Waals surface area contributed by atoms with Gasteiger partial charge < -0.3 is 10.3 Å². The van der Waals surface area contributed by atoms with Crippen LogP contribution in [0.4, 0.5) is 0 Å². The highest BCUT2D eigenvalue weighted by atomic mass is 16.1. The molecule has 1 heterocycles. The number of benzene rings is 2. The number of aromatic nitrogens is 1. The minimum atomic E-state index is -0.0413. The molecule has 1 amide bonds. The molecule has 0 bridgehead atoms. The molecule has 0 aliphatic rings. The third-order valence-electron chi connectivity index (χ3n) is 3.59. The van der Waals surface area contributed by atoms with E-state index in [1.165, 1.54) is 5.39 Å². The van der Waals surface area contributed by atoms with E-state index in [9.17, 15) is 4.79 Å². The first-order valence-electron chi connectivity index (χ1n) is 7.05. The molecule has 0 spiro atoms. The van der Waals surface area contributed by atoms with Crippen molar-refractivity contribution < 1.29 is 4.79 Å². The molecule has 0 aliphatic carbocycles. The normalized spacial score (nSPS) is 10.8. The van der Waals surface area contributed by atoms with Gasteiger partial charge in [-0.15, -0.1) is 0 Å². The van der Waals surface area contributed by atoms with Gasteiger partial charge in [0.1, 0.15) is 0 Å². The Bertz CT molecular complexity index is 785. The molecule has 1 aromatic heterocycles. The predicted molar refractivity (Wildman–Crippen MR) is 85.4 cm³/mol. The molecule has 0 saturated carbocycles. The summed E-state index contributed by atoms with van der Waals surface area (Å²) < 4.78 is 0. The van der Waals surface area contributed by atoms with Crippen molar-refractivity contribution in [2.75, 3.05) is 0 Å². The zero-order valence-corrected chi connectivity index (χ0v) is 12.2. The Morgan fingerprint density at radius 1 is 1.05 bits per heavy atom. The zero-order chi connectivity index (χ0) is 14.8. The van der Waals surface area contributed by atoms with E-state index >= 15 is 0 Å². The lowest BCUT2D eigenvalue weighted by Crippen LogP contribution is -2.22. The smallest absolute Gasteiger partial charge is 0.251 e. The maximum absolute atomic E-state index is 12.1. The maximum atomic E-state index is 12.1. The van der Waals surface area contributed by atoms with E-state index in [1.54, 1.807) is 0 Å². The highest BCUT2D eigenvalue weighted by molar-refractivity contribution is 5.94. The summed E-state index contributed by atoms with van der Waals surface area (Å²) in [6, 6.07) is 15.9. The molecular formula is C18H18N2O. The van der Waals surface area contributed by atoms with Crippen LogP contribution in [0, 0.1) is 13.8 Å². The summed E-state index contributed by atoms with van der Waals surface area (Å²) in [5.41, 5.74) is 5.22. The molecule has 21 heavy (non-hydrogen) atoms. The third kappa shape index (κ3) is 2.97. The Balaban J connectivity index is 1.70. The van der Waals surface area contributed by atoms with E-state index in [4.69, 9.17) is 0 Å². The van der Waals surface area contributed by atoms with E-state index in [0.717, 1.165) is 22.3 Å². The fourth-order valence-electron chi connectivity index (χ4n) is 2.43. The number of fused-ring (bicyclic) bond motifs is 1. The number of carbonyl (C=O) groups is 1. The topological polar surface area (TPSA) is 44.9 Å². The van der Waals surface area contributed by atoms with Gasteiger partial charge in [-0.05, 0) is 55.1 Å². The average Bonchev–Trinajstić information content (AvgIpc) is 2.84. The van der Waals surface area contributed by atoms with Crippen LogP contribution < -0.4 is 5.32 Å². The molecule has 3 rings (SSSR count). The molecule has 0 fully saturated rings. The summed E-state index contributed by atoms with van der Waals surface area (Å²) in [5.74, 6) is -0.0413. The van der Waals surface area contributed by atoms with Crippen molar-refractivity contribution in [2.24, 2.45) is 0 Å². The number of nitrogens with one attached hydrogen (secondary N) is 2. The van der Waals surface area contributed by atoms with Gasteiger partial charge in [0.15, 0.2) is 0 Å². The second kappa shape index (κ2) is 5.44. The van der Waals surface area contributed by atoms with E-state index in [0.29, 0.717) is 12.1 Å². The zero-order valence-electron chi connectivity index (χ0n) is 12.2. The van der Waals surface area contributed by atoms with E-state index in [2.05, 4.69) is 28.5 Å². The first-order chi connectivity index (χ1) is 10.1. The predicted octanol–water partition coefficient (Wildman–Crippen LogP) is 3.71. The molecular weight excluding hydrogens is 260 g/mol. The second-order valence-corrected chi connectivity index (χ2v) is 5.42. The highest BCUT2D eigenvalue weighted by Crippen LogP contribution is 2.16. The van der Waals surface area contributed by atoms with Crippen LogP contribution in [0.5, 0.6) is 0 Å². The van der Waals surface area contributed by atoms with Crippen LogP contribution in [-0.4, -0.2) is 10.9 Å². The molecule has 0 saturated heterocycles. The second-order valence-electron chi connectivity index (χ2n) is 5.42. The average molecular weight is 278 g/mol. The monoisotopic (exact) mass is 278 g/mol. The lowest BCUT2D eigenvalue weighted by Gasteiger charge is -2.06. The van der Waals surface area contributed by atoms with Gasteiger partial charge >= 0.3 is 0 Å². The van der Waals surface area contributed by atoms with Crippen LogP contribution in [0.25, 0.3) is 10.9 Å². The number of H-pyrrole nitrogens is 1.